The highest BCUT2D eigenvalue weighted by Crippen LogP contribution is 2.20. The molecule has 0 aliphatic carbocycles. The summed E-state index contributed by atoms with van der Waals surface area (Å²) in [4.78, 5) is 0. The third kappa shape index (κ3) is 3.74. The number of nitrogens with one attached hydrogen (secondary N) is 1. The molecule has 1 aliphatic heterocycles. The maximum atomic E-state index is 5.90. The van der Waals surface area contributed by atoms with Crippen molar-refractivity contribution >= 4 is 0 Å². The predicted molar refractivity (Wildman–Crippen MR) is 71.5 cm³/mol. The number of benzene rings is 1. The van der Waals surface area contributed by atoms with Crippen LogP contribution in [-0.2, 0) is 6.42 Å². The van der Waals surface area contributed by atoms with Crippen molar-refractivity contribution in [3.63, 3.8) is 0 Å². The molecule has 1 N–H and O–H groups in total. The summed E-state index contributed by atoms with van der Waals surface area (Å²) in [7, 11) is 0. The molecule has 1 saturated heterocycles. The summed E-state index contributed by atoms with van der Waals surface area (Å²) in [6, 6.07) is 8.36. The number of hydrogen-bond donors (Lipinski definition) is 1. The molecule has 1 fully saturated rings. The molecule has 0 radical (unpaired) electrons. The molecule has 0 amide bonds. The van der Waals surface area contributed by atoms with Gasteiger partial charge < -0.3 is 10.1 Å². The number of piperidine rings is 1. The molecule has 2 nitrogen and oxygen atoms in total. The van der Waals surface area contributed by atoms with E-state index in [9.17, 15) is 0 Å². The third-order valence-corrected chi connectivity index (χ3v) is 3.54. The summed E-state index contributed by atoms with van der Waals surface area (Å²) in [5.41, 5.74) is 1.31. The topological polar surface area (TPSA) is 21.3 Å². The normalized spacial score (nSPS) is 20.2. The van der Waals surface area contributed by atoms with E-state index in [-0.39, 0.29) is 0 Å². The largest absolute Gasteiger partial charge is 0.493 e. The zero-order valence-corrected chi connectivity index (χ0v) is 10.7. The molecule has 1 unspecified atom stereocenters. The predicted octanol–water partition coefficient (Wildman–Crippen LogP) is 3.02. The second kappa shape index (κ2) is 6.65. The summed E-state index contributed by atoms with van der Waals surface area (Å²) in [5, 5.41) is 3.45. The fourth-order valence-electron chi connectivity index (χ4n) is 2.44. The van der Waals surface area contributed by atoms with Crippen molar-refractivity contribution in [3.8, 4) is 5.75 Å². The molecule has 1 aromatic carbocycles. The lowest BCUT2D eigenvalue weighted by atomic mass is 9.97. The summed E-state index contributed by atoms with van der Waals surface area (Å²) in [5.74, 6) is 1.87. The minimum atomic E-state index is 0.803. The lowest BCUT2D eigenvalue weighted by molar-refractivity contribution is 0.252. The van der Waals surface area contributed by atoms with E-state index in [0.717, 1.165) is 24.7 Å². The second-order valence-electron chi connectivity index (χ2n) is 4.81. The van der Waals surface area contributed by atoms with Crippen LogP contribution in [0.3, 0.4) is 0 Å². The van der Waals surface area contributed by atoms with Crippen molar-refractivity contribution in [1.29, 1.82) is 0 Å². The molecule has 0 spiro atoms. The van der Waals surface area contributed by atoms with Crippen LogP contribution in [0.5, 0.6) is 5.75 Å². The Labute approximate surface area is 104 Å². The van der Waals surface area contributed by atoms with Gasteiger partial charge in [-0.2, -0.15) is 0 Å². The second-order valence-corrected chi connectivity index (χ2v) is 4.81. The minimum Gasteiger partial charge on any atom is -0.493 e. The maximum absolute atomic E-state index is 5.90. The summed E-state index contributed by atoms with van der Waals surface area (Å²) in [6.07, 6.45) is 4.88. The van der Waals surface area contributed by atoms with Gasteiger partial charge in [-0.25, -0.2) is 0 Å². The van der Waals surface area contributed by atoms with Crippen molar-refractivity contribution in [2.75, 3.05) is 19.7 Å². The van der Waals surface area contributed by atoms with Crippen LogP contribution in [0.25, 0.3) is 0 Å². The number of hydrogen-bond acceptors (Lipinski definition) is 2. The van der Waals surface area contributed by atoms with Crippen molar-refractivity contribution in [2.45, 2.75) is 32.6 Å². The third-order valence-electron chi connectivity index (χ3n) is 3.54. The number of ether oxygens (including phenoxy) is 1. The molecule has 1 atom stereocenters. The quantitative estimate of drug-likeness (QED) is 0.844. The molecule has 0 aromatic heterocycles. The van der Waals surface area contributed by atoms with Crippen LogP contribution in [0.15, 0.2) is 24.3 Å². The first-order valence-electron chi connectivity index (χ1n) is 6.81. The summed E-state index contributed by atoms with van der Waals surface area (Å²) >= 11 is 0. The molecule has 17 heavy (non-hydrogen) atoms. The molecule has 2 heteroatoms. The van der Waals surface area contributed by atoms with E-state index >= 15 is 0 Å². The van der Waals surface area contributed by atoms with Gasteiger partial charge in [0.25, 0.3) is 0 Å². The first kappa shape index (κ1) is 12.4. The van der Waals surface area contributed by atoms with Crippen LogP contribution in [0.4, 0.5) is 0 Å². The molecular weight excluding hydrogens is 210 g/mol. The average molecular weight is 233 g/mol. The van der Waals surface area contributed by atoms with Crippen LogP contribution in [0, 0.1) is 5.92 Å². The van der Waals surface area contributed by atoms with E-state index in [1.165, 1.54) is 37.9 Å². The Kier molecular flexibility index (Phi) is 4.87. The molecule has 0 bridgehead atoms. The van der Waals surface area contributed by atoms with Gasteiger partial charge in [0.05, 0.1) is 6.61 Å². The van der Waals surface area contributed by atoms with Gasteiger partial charge >= 0.3 is 0 Å². The molecule has 1 heterocycles. The highest BCUT2D eigenvalue weighted by atomic mass is 16.5. The highest BCUT2D eigenvalue weighted by molar-refractivity contribution is 5.33. The number of rotatable bonds is 5. The Bertz CT molecular complexity index is 331. The number of para-hydroxylation sites is 1. The van der Waals surface area contributed by atoms with E-state index in [2.05, 4.69) is 36.5 Å². The van der Waals surface area contributed by atoms with Gasteiger partial charge in [-0.1, -0.05) is 25.1 Å². The summed E-state index contributed by atoms with van der Waals surface area (Å²) in [6.45, 7) is 5.38. The van der Waals surface area contributed by atoms with Crippen LogP contribution >= 0.6 is 0 Å². The average Bonchev–Trinajstić information content (AvgIpc) is 2.40. The fourth-order valence-corrected chi connectivity index (χ4v) is 2.44. The van der Waals surface area contributed by atoms with Crippen LogP contribution in [-0.4, -0.2) is 19.7 Å². The van der Waals surface area contributed by atoms with E-state index in [0.29, 0.717) is 0 Å². The molecule has 94 valence electrons. The molecule has 1 aliphatic rings. The van der Waals surface area contributed by atoms with Gasteiger partial charge in [-0.3, -0.25) is 0 Å². The number of aryl methyl sites for hydroxylation is 1. The van der Waals surface area contributed by atoms with Crippen molar-refractivity contribution in [3.05, 3.63) is 29.8 Å². The SMILES string of the molecule is CCc1ccccc1OCCC1CCCNC1. The Morgan fingerprint density at radius 3 is 3.00 bits per heavy atom. The van der Waals surface area contributed by atoms with E-state index in [4.69, 9.17) is 4.74 Å². The van der Waals surface area contributed by atoms with Crippen molar-refractivity contribution in [2.24, 2.45) is 5.92 Å². The van der Waals surface area contributed by atoms with E-state index in [1.54, 1.807) is 0 Å². The molecular formula is C15H23NO. The lowest BCUT2D eigenvalue weighted by Gasteiger charge is -2.22. The zero-order valence-electron chi connectivity index (χ0n) is 10.7. The van der Waals surface area contributed by atoms with Crippen molar-refractivity contribution < 1.29 is 4.74 Å². The fraction of sp³-hybridized carbons (Fsp3) is 0.600. The van der Waals surface area contributed by atoms with Gasteiger partial charge in [-0.05, 0) is 56.3 Å². The highest BCUT2D eigenvalue weighted by Gasteiger charge is 2.12. The first-order chi connectivity index (χ1) is 8.40. The van der Waals surface area contributed by atoms with Crippen LogP contribution < -0.4 is 10.1 Å². The van der Waals surface area contributed by atoms with Gasteiger partial charge in [0.1, 0.15) is 5.75 Å². The smallest absolute Gasteiger partial charge is 0.122 e. The lowest BCUT2D eigenvalue weighted by Crippen LogP contribution is -2.30. The minimum absolute atomic E-state index is 0.803. The molecule has 2 rings (SSSR count). The Balaban J connectivity index is 1.77. The maximum Gasteiger partial charge on any atom is 0.122 e. The summed E-state index contributed by atoms with van der Waals surface area (Å²) < 4.78 is 5.90. The molecule has 1 aromatic rings. The van der Waals surface area contributed by atoms with Gasteiger partial charge in [-0.15, -0.1) is 0 Å². The van der Waals surface area contributed by atoms with E-state index < -0.39 is 0 Å². The van der Waals surface area contributed by atoms with Gasteiger partial charge in [0.15, 0.2) is 0 Å². The van der Waals surface area contributed by atoms with Crippen molar-refractivity contribution in [1.82, 2.24) is 5.32 Å². The Morgan fingerprint density at radius 1 is 1.35 bits per heavy atom. The van der Waals surface area contributed by atoms with Gasteiger partial charge in [0.2, 0.25) is 0 Å². The van der Waals surface area contributed by atoms with Crippen LogP contribution in [0.1, 0.15) is 31.7 Å². The Hall–Kier alpha value is -1.02. The Morgan fingerprint density at radius 2 is 2.24 bits per heavy atom. The van der Waals surface area contributed by atoms with E-state index in [1.807, 2.05) is 0 Å². The first-order valence-corrected chi connectivity index (χ1v) is 6.81. The monoisotopic (exact) mass is 233 g/mol. The zero-order chi connectivity index (χ0) is 11.9. The standard InChI is InChI=1S/C15H23NO/c1-2-14-7-3-4-8-15(14)17-11-9-13-6-5-10-16-12-13/h3-4,7-8,13,16H,2,5-6,9-12H2,1H3. The van der Waals surface area contributed by atoms with Gasteiger partial charge in [0, 0.05) is 0 Å². The molecule has 0 saturated carbocycles. The van der Waals surface area contributed by atoms with Crippen LogP contribution in [0.2, 0.25) is 0 Å².